The Balaban J connectivity index is 1.97. The van der Waals surface area contributed by atoms with Crippen molar-refractivity contribution in [3.8, 4) is 0 Å². The van der Waals surface area contributed by atoms with Gasteiger partial charge in [0.15, 0.2) is 0 Å². The zero-order valence-electron chi connectivity index (χ0n) is 16.7. The maximum Gasteiger partial charge on any atom is 0.115 e. The maximum atomic E-state index is 6.21. The van der Waals surface area contributed by atoms with Gasteiger partial charge >= 0.3 is 0 Å². The lowest BCUT2D eigenvalue weighted by molar-refractivity contribution is 0.167. The smallest absolute Gasteiger partial charge is 0.115 e. The molecule has 0 amide bonds. The molecule has 3 heteroatoms. The molecule has 1 spiro atoms. The molecule has 0 heterocycles. The van der Waals surface area contributed by atoms with Crippen LogP contribution in [-0.2, 0) is 18.4 Å². The number of aliphatic imine (C=N–C) groups is 1. The van der Waals surface area contributed by atoms with E-state index in [1.54, 1.807) is 0 Å². The second-order valence-corrected chi connectivity index (χ2v) is 9.36. The molecule has 2 aromatic carbocycles. The van der Waals surface area contributed by atoms with Crippen LogP contribution in [0.2, 0.25) is 0 Å². The van der Waals surface area contributed by atoms with Crippen molar-refractivity contribution in [1.82, 2.24) is 0 Å². The first-order valence-corrected chi connectivity index (χ1v) is 10.6. The molecule has 0 fully saturated rings. The Hall–Kier alpha value is -2.13. The van der Waals surface area contributed by atoms with Crippen LogP contribution < -0.4 is 5.73 Å². The molecule has 0 saturated carbocycles. The fourth-order valence-electron chi connectivity index (χ4n) is 5.55. The average molecular weight is 435 g/mol. The third-order valence-electron chi connectivity index (χ3n) is 6.54. The van der Waals surface area contributed by atoms with Crippen LogP contribution in [0.3, 0.4) is 0 Å². The molecular weight excluding hydrogens is 408 g/mol. The molecule has 4 rings (SSSR count). The van der Waals surface area contributed by atoms with Crippen LogP contribution in [0.5, 0.6) is 0 Å². The minimum Gasteiger partial charge on any atom is -0.388 e. The third kappa shape index (κ3) is 2.71. The van der Waals surface area contributed by atoms with Gasteiger partial charge in [0.2, 0.25) is 0 Å². The zero-order chi connectivity index (χ0) is 20.1. The minimum absolute atomic E-state index is 0.112. The molecule has 2 unspecified atom stereocenters. The quantitative estimate of drug-likeness (QED) is 0.341. The number of hydrogen-bond donors (Lipinski definition) is 1. The molecule has 2 nitrogen and oxygen atoms in total. The summed E-state index contributed by atoms with van der Waals surface area (Å²) in [7, 11) is 0. The highest BCUT2D eigenvalue weighted by Crippen LogP contribution is 2.63. The maximum absolute atomic E-state index is 6.21. The summed E-state index contributed by atoms with van der Waals surface area (Å²) in [6.45, 7) is 12.9. The first-order chi connectivity index (χ1) is 13.3. The molecule has 0 saturated heterocycles. The molecule has 144 valence electrons. The fourth-order valence-corrected chi connectivity index (χ4v) is 5.91. The van der Waals surface area contributed by atoms with E-state index in [2.05, 4.69) is 78.5 Å². The molecule has 28 heavy (non-hydrogen) atoms. The SMILES string of the molecule is C=C1CC2(CCc3ccccc31)Cc1ccc(Br)cc1C2(N=C(C)N)C(=C)C. The molecule has 0 radical (unpaired) electrons. The first kappa shape index (κ1) is 19.2. The molecule has 0 aliphatic heterocycles. The van der Waals surface area contributed by atoms with E-state index < -0.39 is 5.54 Å². The lowest BCUT2D eigenvalue weighted by Gasteiger charge is -2.45. The Morgan fingerprint density at radius 3 is 2.57 bits per heavy atom. The Morgan fingerprint density at radius 1 is 1.11 bits per heavy atom. The molecule has 0 bridgehead atoms. The van der Waals surface area contributed by atoms with E-state index in [0.29, 0.717) is 5.84 Å². The second-order valence-electron chi connectivity index (χ2n) is 8.44. The van der Waals surface area contributed by atoms with Gasteiger partial charge in [-0.15, -0.1) is 0 Å². The topological polar surface area (TPSA) is 38.4 Å². The van der Waals surface area contributed by atoms with E-state index in [1.807, 2.05) is 6.92 Å². The predicted octanol–water partition coefficient (Wildman–Crippen LogP) is 6.19. The number of nitrogens with zero attached hydrogens (tertiary/aromatic N) is 1. The Kier molecular flexibility index (Phi) is 4.62. The van der Waals surface area contributed by atoms with Crippen molar-refractivity contribution in [1.29, 1.82) is 0 Å². The number of hydrogen-bond acceptors (Lipinski definition) is 1. The Bertz CT molecular complexity index is 1010. The van der Waals surface area contributed by atoms with Gasteiger partial charge in [0.1, 0.15) is 5.54 Å². The number of allylic oxidation sites excluding steroid dienone is 1. The van der Waals surface area contributed by atoms with Crippen LogP contribution in [-0.4, -0.2) is 5.84 Å². The number of nitrogens with two attached hydrogens (primary N) is 1. The molecule has 2 aliphatic rings. The highest BCUT2D eigenvalue weighted by molar-refractivity contribution is 9.10. The van der Waals surface area contributed by atoms with Crippen LogP contribution in [0.1, 0.15) is 48.9 Å². The van der Waals surface area contributed by atoms with Crippen molar-refractivity contribution in [2.24, 2.45) is 16.1 Å². The average Bonchev–Trinajstić information content (AvgIpc) is 2.80. The second kappa shape index (κ2) is 6.73. The Labute approximate surface area is 176 Å². The highest BCUT2D eigenvalue weighted by atomic mass is 79.9. The van der Waals surface area contributed by atoms with Crippen molar-refractivity contribution >= 4 is 27.3 Å². The van der Waals surface area contributed by atoms with Gasteiger partial charge < -0.3 is 5.73 Å². The van der Waals surface area contributed by atoms with E-state index in [1.165, 1.54) is 27.8 Å². The summed E-state index contributed by atoms with van der Waals surface area (Å²) >= 11 is 3.67. The summed E-state index contributed by atoms with van der Waals surface area (Å²) in [6.07, 6.45) is 3.89. The molecule has 0 aromatic heterocycles. The minimum atomic E-state index is -0.532. The Morgan fingerprint density at radius 2 is 1.86 bits per heavy atom. The van der Waals surface area contributed by atoms with E-state index in [-0.39, 0.29) is 5.41 Å². The summed E-state index contributed by atoms with van der Waals surface area (Å²) < 4.78 is 1.06. The van der Waals surface area contributed by atoms with Crippen LogP contribution in [0.4, 0.5) is 0 Å². The van der Waals surface area contributed by atoms with Gasteiger partial charge in [-0.05, 0) is 85.1 Å². The monoisotopic (exact) mass is 434 g/mol. The number of halogens is 1. The normalized spacial score (nSPS) is 26.7. The number of aryl methyl sites for hydroxylation is 1. The van der Waals surface area contributed by atoms with Gasteiger partial charge in [0.05, 0.1) is 5.84 Å². The van der Waals surface area contributed by atoms with Crippen molar-refractivity contribution in [3.05, 3.63) is 87.9 Å². The van der Waals surface area contributed by atoms with E-state index in [0.717, 1.165) is 35.7 Å². The van der Waals surface area contributed by atoms with Crippen molar-refractivity contribution < 1.29 is 0 Å². The standard InChI is InChI=1S/C25H27BrN2/c1-16(2)25(28-18(4)27)23-13-21(26)10-9-20(23)15-24(25)12-11-19-7-5-6-8-22(19)17(3)14-24/h5-10,13H,1,3,11-12,14-15H2,2,4H3,(H2,27,28). The summed E-state index contributed by atoms with van der Waals surface area (Å²) in [4.78, 5) is 5.14. The largest absolute Gasteiger partial charge is 0.388 e. The zero-order valence-corrected chi connectivity index (χ0v) is 18.3. The van der Waals surface area contributed by atoms with Gasteiger partial charge in [-0.25, -0.2) is 0 Å². The lowest BCUT2D eigenvalue weighted by Crippen LogP contribution is -2.43. The van der Waals surface area contributed by atoms with E-state index in [4.69, 9.17) is 10.7 Å². The number of benzene rings is 2. The highest BCUT2D eigenvalue weighted by Gasteiger charge is 2.58. The fraction of sp³-hybridized carbons (Fsp3) is 0.320. The van der Waals surface area contributed by atoms with Crippen LogP contribution in [0.25, 0.3) is 5.57 Å². The lowest BCUT2D eigenvalue weighted by atomic mass is 9.62. The molecule has 2 aliphatic carbocycles. The first-order valence-electron chi connectivity index (χ1n) is 9.82. The van der Waals surface area contributed by atoms with Gasteiger partial charge in [-0.1, -0.05) is 59.4 Å². The van der Waals surface area contributed by atoms with Gasteiger partial charge in [0.25, 0.3) is 0 Å². The van der Waals surface area contributed by atoms with Crippen LogP contribution >= 0.6 is 15.9 Å². The van der Waals surface area contributed by atoms with Gasteiger partial charge in [0, 0.05) is 9.89 Å². The number of fused-ring (bicyclic) bond motifs is 2. The molecular formula is C25H27BrN2. The van der Waals surface area contributed by atoms with Crippen LogP contribution in [0.15, 0.2) is 70.7 Å². The predicted molar refractivity (Wildman–Crippen MR) is 122 cm³/mol. The number of amidine groups is 1. The van der Waals surface area contributed by atoms with Crippen LogP contribution in [0, 0.1) is 5.41 Å². The van der Waals surface area contributed by atoms with E-state index >= 15 is 0 Å². The third-order valence-corrected chi connectivity index (χ3v) is 7.04. The summed E-state index contributed by atoms with van der Waals surface area (Å²) in [5, 5.41) is 0. The number of rotatable bonds is 2. The molecule has 2 aromatic rings. The summed E-state index contributed by atoms with van der Waals surface area (Å²) in [5.74, 6) is 0.600. The van der Waals surface area contributed by atoms with Crippen molar-refractivity contribution in [2.75, 3.05) is 0 Å². The molecule has 2 N–H and O–H groups in total. The van der Waals surface area contributed by atoms with Gasteiger partial charge in [-0.2, -0.15) is 0 Å². The van der Waals surface area contributed by atoms with E-state index in [9.17, 15) is 0 Å². The summed E-state index contributed by atoms with van der Waals surface area (Å²) in [6, 6.07) is 15.2. The van der Waals surface area contributed by atoms with Crippen molar-refractivity contribution in [2.45, 2.75) is 45.1 Å². The molecule has 2 atom stereocenters. The summed E-state index contributed by atoms with van der Waals surface area (Å²) in [5.41, 5.74) is 13.1. The van der Waals surface area contributed by atoms with Gasteiger partial charge in [-0.3, -0.25) is 4.99 Å². The van der Waals surface area contributed by atoms with Crippen molar-refractivity contribution in [3.63, 3.8) is 0 Å².